The predicted octanol–water partition coefficient (Wildman–Crippen LogP) is 3.18. The van der Waals surface area contributed by atoms with Crippen molar-refractivity contribution >= 4 is 40.6 Å². The van der Waals surface area contributed by atoms with Crippen molar-refractivity contribution in [1.82, 2.24) is 5.43 Å². The molecule has 3 N–H and O–H groups in total. The van der Waals surface area contributed by atoms with Crippen molar-refractivity contribution in [3.05, 3.63) is 70.2 Å². The molecular formula is C17H14ClN3O2S. The van der Waals surface area contributed by atoms with E-state index < -0.39 is 6.10 Å². The molecule has 0 saturated carbocycles. The number of nitrogens with one attached hydrogen (secondary N) is 1. The lowest BCUT2D eigenvalue weighted by atomic mass is 9.98. The van der Waals surface area contributed by atoms with Gasteiger partial charge in [0.15, 0.2) is 5.11 Å². The van der Waals surface area contributed by atoms with Crippen molar-refractivity contribution in [3.8, 4) is 0 Å². The molecule has 0 aliphatic carbocycles. The first-order chi connectivity index (χ1) is 11.5. The molecule has 0 aromatic heterocycles. The summed E-state index contributed by atoms with van der Waals surface area (Å²) in [6.07, 6.45) is -0.0173. The lowest BCUT2D eigenvalue weighted by Crippen LogP contribution is -2.26. The van der Waals surface area contributed by atoms with Gasteiger partial charge in [-0.15, -0.1) is 0 Å². The Kier molecular flexibility index (Phi) is 4.78. The number of hydrogen-bond donors (Lipinski definition) is 2. The van der Waals surface area contributed by atoms with Gasteiger partial charge >= 0.3 is 5.97 Å². The van der Waals surface area contributed by atoms with E-state index >= 15 is 0 Å². The fraction of sp³-hybridized carbons (Fsp3) is 0.118. The summed E-state index contributed by atoms with van der Waals surface area (Å²) in [5.74, 6) is -0.326. The zero-order chi connectivity index (χ0) is 17.1. The quantitative estimate of drug-likeness (QED) is 0.379. The molecule has 2 aromatic carbocycles. The topological polar surface area (TPSA) is 76.7 Å². The SMILES string of the molecule is NC(=S)NN=C(CC1OC(=O)c2ccccc21)c1ccc(Cl)cc1. The number of carbonyl (C=O) groups excluding carboxylic acids is 1. The molecule has 0 saturated heterocycles. The molecule has 1 aliphatic rings. The lowest BCUT2D eigenvalue weighted by Gasteiger charge is -2.13. The molecule has 0 amide bonds. The van der Waals surface area contributed by atoms with Crippen molar-refractivity contribution in [2.24, 2.45) is 10.8 Å². The van der Waals surface area contributed by atoms with E-state index in [0.29, 0.717) is 22.7 Å². The van der Waals surface area contributed by atoms with Gasteiger partial charge in [-0.1, -0.05) is 41.9 Å². The third kappa shape index (κ3) is 3.55. The van der Waals surface area contributed by atoms with Gasteiger partial charge in [0.2, 0.25) is 0 Å². The third-order valence-electron chi connectivity index (χ3n) is 3.63. The monoisotopic (exact) mass is 359 g/mol. The van der Waals surface area contributed by atoms with Crippen LogP contribution in [0.2, 0.25) is 5.02 Å². The van der Waals surface area contributed by atoms with Crippen molar-refractivity contribution in [3.63, 3.8) is 0 Å². The normalized spacial score (nSPS) is 16.5. The predicted molar refractivity (Wildman–Crippen MR) is 97.1 cm³/mol. The number of nitrogens with two attached hydrogens (primary N) is 1. The summed E-state index contributed by atoms with van der Waals surface area (Å²) in [5.41, 5.74) is 11.0. The second kappa shape index (κ2) is 6.98. The molecule has 122 valence electrons. The van der Waals surface area contributed by atoms with Crippen molar-refractivity contribution in [2.45, 2.75) is 12.5 Å². The molecule has 0 spiro atoms. The smallest absolute Gasteiger partial charge is 0.339 e. The van der Waals surface area contributed by atoms with Crippen LogP contribution in [-0.4, -0.2) is 16.8 Å². The van der Waals surface area contributed by atoms with Gasteiger partial charge < -0.3 is 10.5 Å². The van der Waals surface area contributed by atoms with Gasteiger partial charge in [0.05, 0.1) is 11.3 Å². The van der Waals surface area contributed by atoms with Crippen LogP contribution in [0.5, 0.6) is 0 Å². The number of nitrogens with zero attached hydrogens (tertiary/aromatic N) is 1. The van der Waals surface area contributed by atoms with E-state index in [1.807, 2.05) is 30.3 Å². The van der Waals surface area contributed by atoms with Crippen molar-refractivity contribution < 1.29 is 9.53 Å². The van der Waals surface area contributed by atoms with Gasteiger partial charge in [0.1, 0.15) is 6.10 Å². The largest absolute Gasteiger partial charge is 0.453 e. The van der Waals surface area contributed by atoms with E-state index in [1.54, 1.807) is 18.2 Å². The number of fused-ring (bicyclic) bond motifs is 1. The van der Waals surface area contributed by atoms with Gasteiger partial charge in [-0.2, -0.15) is 5.10 Å². The van der Waals surface area contributed by atoms with E-state index in [1.165, 1.54) is 0 Å². The van der Waals surface area contributed by atoms with E-state index in [-0.39, 0.29) is 11.1 Å². The maximum atomic E-state index is 12.0. The minimum atomic E-state index is -0.406. The molecule has 0 bridgehead atoms. The second-order valence-corrected chi connectivity index (χ2v) is 6.10. The third-order valence-corrected chi connectivity index (χ3v) is 3.98. The molecule has 2 aromatic rings. The summed E-state index contributed by atoms with van der Waals surface area (Å²) in [5, 5.41) is 4.93. The van der Waals surface area contributed by atoms with E-state index in [2.05, 4.69) is 10.5 Å². The first-order valence-electron chi connectivity index (χ1n) is 7.22. The molecule has 0 fully saturated rings. The van der Waals surface area contributed by atoms with Crippen LogP contribution in [0.4, 0.5) is 0 Å². The van der Waals surface area contributed by atoms with E-state index in [9.17, 15) is 4.79 Å². The summed E-state index contributed by atoms with van der Waals surface area (Å²) < 4.78 is 5.48. The minimum Gasteiger partial charge on any atom is -0.453 e. The van der Waals surface area contributed by atoms with Crippen LogP contribution in [0.15, 0.2) is 53.6 Å². The Hall–Kier alpha value is -2.44. The molecule has 5 nitrogen and oxygen atoms in total. The van der Waals surface area contributed by atoms with Crippen LogP contribution in [-0.2, 0) is 4.74 Å². The van der Waals surface area contributed by atoms with Crippen LogP contribution in [0.3, 0.4) is 0 Å². The van der Waals surface area contributed by atoms with E-state index in [4.69, 9.17) is 34.3 Å². The van der Waals surface area contributed by atoms with Gasteiger partial charge in [0, 0.05) is 17.0 Å². The van der Waals surface area contributed by atoms with Gasteiger partial charge in [0.25, 0.3) is 0 Å². The van der Waals surface area contributed by atoms with Gasteiger partial charge in [-0.3, -0.25) is 5.43 Å². The minimum absolute atomic E-state index is 0.0604. The Bertz CT molecular complexity index is 821. The fourth-order valence-electron chi connectivity index (χ4n) is 2.54. The highest BCUT2D eigenvalue weighted by molar-refractivity contribution is 7.80. The molecule has 3 rings (SSSR count). The van der Waals surface area contributed by atoms with Crippen LogP contribution in [0.25, 0.3) is 0 Å². The Morgan fingerprint density at radius 1 is 1.25 bits per heavy atom. The number of thiocarbonyl (C=S) groups is 1. The lowest BCUT2D eigenvalue weighted by molar-refractivity contribution is 0.0400. The standard InChI is InChI=1S/C17H14ClN3O2S/c18-11-7-5-10(6-8-11)14(20-21-17(19)24)9-15-12-3-1-2-4-13(12)16(22)23-15/h1-8,15H,9H2,(H3,19,21,24). The number of cyclic esters (lactones) is 1. The number of halogens is 1. The van der Waals surface area contributed by atoms with Gasteiger partial charge in [-0.25, -0.2) is 4.79 Å². The van der Waals surface area contributed by atoms with Crippen LogP contribution >= 0.6 is 23.8 Å². The number of ether oxygens (including phenoxy) is 1. The van der Waals surface area contributed by atoms with Gasteiger partial charge in [-0.05, 0) is 36.0 Å². The highest BCUT2D eigenvalue weighted by atomic mass is 35.5. The van der Waals surface area contributed by atoms with Crippen molar-refractivity contribution in [1.29, 1.82) is 0 Å². The highest BCUT2D eigenvalue weighted by Gasteiger charge is 2.31. The van der Waals surface area contributed by atoms with E-state index in [0.717, 1.165) is 11.1 Å². The first-order valence-corrected chi connectivity index (χ1v) is 8.01. The fourth-order valence-corrected chi connectivity index (χ4v) is 2.71. The molecule has 1 unspecified atom stereocenters. The summed E-state index contributed by atoms with van der Waals surface area (Å²) in [7, 11) is 0. The van der Waals surface area contributed by atoms with Crippen LogP contribution in [0, 0.1) is 0 Å². The number of hydrazone groups is 1. The summed E-state index contributed by atoms with van der Waals surface area (Å²) in [6.45, 7) is 0. The number of benzene rings is 2. The zero-order valence-electron chi connectivity index (χ0n) is 12.5. The zero-order valence-corrected chi connectivity index (χ0v) is 14.1. The molecule has 1 heterocycles. The number of esters is 1. The van der Waals surface area contributed by atoms with Crippen LogP contribution < -0.4 is 11.2 Å². The Morgan fingerprint density at radius 2 is 1.96 bits per heavy atom. The molecule has 1 aliphatic heterocycles. The Morgan fingerprint density at radius 3 is 2.67 bits per heavy atom. The molecule has 7 heteroatoms. The summed E-state index contributed by atoms with van der Waals surface area (Å²) in [6, 6.07) is 14.5. The van der Waals surface area contributed by atoms with Crippen molar-refractivity contribution in [2.75, 3.05) is 0 Å². The first kappa shape index (κ1) is 16.4. The maximum Gasteiger partial charge on any atom is 0.339 e. The highest BCUT2D eigenvalue weighted by Crippen LogP contribution is 2.33. The number of hydrogen-bond acceptors (Lipinski definition) is 4. The average Bonchev–Trinajstić information content (AvgIpc) is 2.89. The molecule has 1 atom stereocenters. The average molecular weight is 360 g/mol. The maximum absolute atomic E-state index is 12.0. The molecular weight excluding hydrogens is 346 g/mol. The number of rotatable bonds is 4. The summed E-state index contributed by atoms with van der Waals surface area (Å²) in [4.78, 5) is 12.0. The summed E-state index contributed by atoms with van der Waals surface area (Å²) >= 11 is 10.7. The molecule has 0 radical (unpaired) electrons. The number of carbonyl (C=O) groups is 1. The second-order valence-electron chi connectivity index (χ2n) is 5.23. The molecule has 24 heavy (non-hydrogen) atoms. The Labute approximate surface area is 149 Å². The van der Waals surface area contributed by atoms with Crippen LogP contribution in [0.1, 0.15) is 34.0 Å². The Balaban J connectivity index is 1.90.